The second kappa shape index (κ2) is 8.30. The molecule has 0 saturated carbocycles. The molecule has 0 radical (unpaired) electrons. The molecule has 1 rings (SSSR count). The van der Waals surface area contributed by atoms with Gasteiger partial charge in [-0.25, -0.2) is 0 Å². The Labute approximate surface area is 95.6 Å². The molecule has 0 fully saturated rings. The van der Waals surface area contributed by atoms with E-state index in [-0.39, 0.29) is 0 Å². The van der Waals surface area contributed by atoms with E-state index in [0.717, 1.165) is 24.9 Å². The molecule has 0 unspecified atom stereocenters. The molecule has 0 heterocycles. The Kier molecular flexibility index (Phi) is 6.67. The quantitative estimate of drug-likeness (QED) is 0.301. The molecule has 0 aliphatic heterocycles. The normalized spacial score (nSPS) is 10.7. The molecule has 0 N–H and O–H groups in total. The number of aldehydes is 1. The smallest absolute Gasteiger partial charge is 0.120 e. The predicted molar refractivity (Wildman–Crippen MR) is 66.2 cm³/mol. The Hall–Kier alpha value is -1.02. The highest BCUT2D eigenvalue weighted by Crippen LogP contribution is 2.16. The second-order valence-electron chi connectivity index (χ2n) is 3.19. The first-order valence-corrected chi connectivity index (χ1v) is 6.18. The van der Waals surface area contributed by atoms with E-state index in [0.29, 0.717) is 6.42 Å². The first-order valence-electron chi connectivity index (χ1n) is 5.20. The second-order valence-corrected chi connectivity index (χ2v) is 4.29. The van der Waals surface area contributed by atoms with Crippen LogP contribution in [0.15, 0.2) is 47.4 Å². The van der Waals surface area contributed by atoms with Crippen molar-refractivity contribution in [2.45, 2.75) is 24.2 Å². The van der Waals surface area contributed by atoms with Crippen LogP contribution in [0.25, 0.3) is 0 Å². The fourth-order valence-electron chi connectivity index (χ4n) is 1.17. The minimum atomic E-state index is 0.677. The number of unbranched alkanes of at least 4 members (excludes halogenated alkanes) is 2. The third-order valence-corrected chi connectivity index (χ3v) is 2.91. The molecule has 80 valence electrons. The molecule has 15 heavy (non-hydrogen) atoms. The molecule has 1 aromatic rings. The summed E-state index contributed by atoms with van der Waals surface area (Å²) < 4.78 is 0. The highest BCUT2D eigenvalue weighted by Gasteiger charge is 1.88. The van der Waals surface area contributed by atoms with Crippen LogP contribution in [-0.4, -0.2) is 12.0 Å². The van der Waals surface area contributed by atoms with E-state index in [1.54, 1.807) is 0 Å². The molecule has 0 spiro atoms. The molecule has 0 aliphatic rings. The van der Waals surface area contributed by atoms with Gasteiger partial charge >= 0.3 is 0 Å². The van der Waals surface area contributed by atoms with Crippen LogP contribution < -0.4 is 0 Å². The van der Waals surface area contributed by atoms with Gasteiger partial charge < -0.3 is 4.79 Å². The standard InChI is InChI=1S/C13H16OS/c14-11-7-2-1-3-8-12-15-13-9-5-4-6-10-13/h3-6,8-11H,1-2,7,12H2/b8-3+. The summed E-state index contributed by atoms with van der Waals surface area (Å²) in [5, 5.41) is 0. The maximum absolute atomic E-state index is 10.1. The zero-order chi connectivity index (χ0) is 10.8. The van der Waals surface area contributed by atoms with Gasteiger partial charge in [0.1, 0.15) is 6.29 Å². The SMILES string of the molecule is O=CCCC/C=C/CSc1ccccc1. The van der Waals surface area contributed by atoms with Gasteiger partial charge in [-0.05, 0) is 25.0 Å². The highest BCUT2D eigenvalue weighted by atomic mass is 32.2. The van der Waals surface area contributed by atoms with Crippen LogP contribution in [0.1, 0.15) is 19.3 Å². The maximum Gasteiger partial charge on any atom is 0.120 e. The number of carbonyl (C=O) groups excluding carboxylic acids is 1. The van der Waals surface area contributed by atoms with Crippen LogP contribution in [0.2, 0.25) is 0 Å². The minimum absolute atomic E-state index is 0.677. The molecular weight excluding hydrogens is 204 g/mol. The van der Waals surface area contributed by atoms with E-state index in [1.807, 2.05) is 17.8 Å². The molecule has 0 saturated heterocycles. The van der Waals surface area contributed by atoms with Crippen molar-refractivity contribution in [2.75, 3.05) is 5.75 Å². The summed E-state index contributed by atoms with van der Waals surface area (Å²) >= 11 is 1.83. The summed E-state index contributed by atoms with van der Waals surface area (Å²) in [6.07, 6.45) is 7.95. The van der Waals surface area contributed by atoms with Crippen LogP contribution in [0, 0.1) is 0 Å². The van der Waals surface area contributed by atoms with Gasteiger partial charge in [0.2, 0.25) is 0 Å². The van der Waals surface area contributed by atoms with Crippen molar-refractivity contribution in [2.24, 2.45) is 0 Å². The van der Waals surface area contributed by atoms with Crippen molar-refractivity contribution in [1.82, 2.24) is 0 Å². The average Bonchev–Trinajstić information content (AvgIpc) is 2.29. The first-order chi connectivity index (χ1) is 7.43. The zero-order valence-corrected chi connectivity index (χ0v) is 9.58. The maximum atomic E-state index is 10.1. The molecule has 0 aliphatic carbocycles. The van der Waals surface area contributed by atoms with Crippen molar-refractivity contribution in [3.05, 3.63) is 42.5 Å². The zero-order valence-electron chi connectivity index (χ0n) is 8.76. The molecule has 0 aromatic heterocycles. The number of hydrogen-bond donors (Lipinski definition) is 0. The van der Waals surface area contributed by atoms with Gasteiger partial charge in [0.15, 0.2) is 0 Å². The number of thioether (sulfide) groups is 1. The third-order valence-electron chi connectivity index (χ3n) is 1.95. The first kappa shape index (κ1) is 12.1. The van der Waals surface area contributed by atoms with E-state index in [1.165, 1.54) is 4.90 Å². The number of rotatable bonds is 7. The summed E-state index contributed by atoms with van der Waals surface area (Å²) in [5.74, 6) is 1.01. The van der Waals surface area contributed by atoms with Crippen LogP contribution >= 0.6 is 11.8 Å². The Bertz CT molecular complexity index is 293. The van der Waals surface area contributed by atoms with Crippen LogP contribution in [0.4, 0.5) is 0 Å². The van der Waals surface area contributed by atoms with Gasteiger partial charge in [-0.1, -0.05) is 30.4 Å². The number of carbonyl (C=O) groups is 1. The molecular formula is C13H16OS. The fraction of sp³-hybridized carbons (Fsp3) is 0.308. The van der Waals surface area contributed by atoms with Crippen molar-refractivity contribution in [3.8, 4) is 0 Å². The van der Waals surface area contributed by atoms with E-state index in [4.69, 9.17) is 0 Å². The largest absolute Gasteiger partial charge is 0.303 e. The lowest BCUT2D eigenvalue weighted by Gasteiger charge is -1.96. The Morgan fingerprint density at radius 2 is 1.87 bits per heavy atom. The van der Waals surface area contributed by atoms with Crippen LogP contribution in [0.5, 0.6) is 0 Å². The lowest BCUT2D eigenvalue weighted by molar-refractivity contribution is -0.107. The van der Waals surface area contributed by atoms with Crippen molar-refractivity contribution < 1.29 is 4.79 Å². The van der Waals surface area contributed by atoms with Crippen molar-refractivity contribution in [1.29, 1.82) is 0 Å². The van der Waals surface area contributed by atoms with Gasteiger partial charge in [-0.3, -0.25) is 0 Å². The Balaban J connectivity index is 2.08. The molecule has 1 nitrogen and oxygen atoms in total. The number of benzene rings is 1. The molecule has 0 atom stereocenters. The minimum Gasteiger partial charge on any atom is -0.303 e. The molecule has 1 aromatic carbocycles. The third kappa shape index (κ3) is 6.13. The Morgan fingerprint density at radius 3 is 2.60 bits per heavy atom. The summed E-state index contributed by atoms with van der Waals surface area (Å²) in [6.45, 7) is 0. The summed E-state index contributed by atoms with van der Waals surface area (Å²) in [5.41, 5.74) is 0. The van der Waals surface area contributed by atoms with E-state index < -0.39 is 0 Å². The molecule has 2 heteroatoms. The summed E-state index contributed by atoms with van der Waals surface area (Å²) in [7, 11) is 0. The van der Waals surface area contributed by atoms with E-state index in [9.17, 15) is 4.79 Å². The number of allylic oxidation sites excluding steroid dienone is 1. The highest BCUT2D eigenvalue weighted by molar-refractivity contribution is 7.99. The van der Waals surface area contributed by atoms with Crippen LogP contribution in [0.3, 0.4) is 0 Å². The monoisotopic (exact) mass is 220 g/mol. The summed E-state index contributed by atoms with van der Waals surface area (Å²) in [6, 6.07) is 10.4. The lowest BCUT2D eigenvalue weighted by atomic mass is 10.2. The van der Waals surface area contributed by atoms with E-state index >= 15 is 0 Å². The Morgan fingerprint density at radius 1 is 1.07 bits per heavy atom. The average molecular weight is 220 g/mol. The van der Waals surface area contributed by atoms with E-state index in [2.05, 4.69) is 36.4 Å². The lowest BCUT2D eigenvalue weighted by Crippen LogP contribution is -1.76. The van der Waals surface area contributed by atoms with Gasteiger partial charge in [-0.2, -0.15) is 0 Å². The number of hydrogen-bond acceptors (Lipinski definition) is 2. The van der Waals surface area contributed by atoms with Crippen LogP contribution in [-0.2, 0) is 4.79 Å². The van der Waals surface area contributed by atoms with Gasteiger partial charge in [0.25, 0.3) is 0 Å². The van der Waals surface area contributed by atoms with Gasteiger partial charge in [0, 0.05) is 17.1 Å². The van der Waals surface area contributed by atoms with Gasteiger partial charge in [0.05, 0.1) is 0 Å². The van der Waals surface area contributed by atoms with Crippen molar-refractivity contribution >= 4 is 18.0 Å². The molecule has 0 bridgehead atoms. The predicted octanol–water partition coefficient (Wildman–Crippen LogP) is 3.70. The van der Waals surface area contributed by atoms with Crippen molar-refractivity contribution in [3.63, 3.8) is 0 Å². The molecule has 0 amide bonds. The summed E-state index contributed by atoms with van der Waals surface area (Å²) in [4.78, 5) is 11.4. The fourth-order valence-corrected chi connectivity index (χ4v) is 1.94. The topological polar surface area (TPSA) is 17.1 Å². The van der Waals surface area contributed by atoms with Gasteiger partial charge in [-0.15, -0.1) is 11.8 Å².